The molecule has 0 heterocycles. The highest BCUT2D eigenvalue weighted by Gasteiger charge is 2.05. The average Bonchev–Trinajstić information content (AvgIpc) is 2.04. The standard InChI is InChI=1S/C8H10N2OS/c1-11-6-4-2-3-5(7(6)9)8(10)12/h2-4H,9H2,1H3,(H2,10,12). The second-order valence-electron chi connectivity index (χ2n) is 2.29. The van der Waals surface area contributed by atoms with Crippen LogP contribution in [0.4, 0.5) is 5.69 Å². The fraction of sp³-hybridized carbons (Fsp3) is 0.125. The molecule has 0 radical (unpaired) electrons. The van der Waals surface area contributed by atoms with E-state index in [1.807, 2.05) is 0 Å². The average molecular weight is 182 g/mol. The molecule has 0 aliphatic rings. The van der Waals surface area contributed by atoms with Gasteiger partial charge in [0.05, 0.1) is 12.8 Å². The summed E-state index contributed by atoms with van der Waals surface area (Å²) < 4.78 is 5.00. The SMILES string of the molecule is COc1cccc(C(N)=S)c1N. The zero-order valence-electron chi connectivity index (χ0n) is 6.70. The van der Waals surface area contributed by atoms with Gasteiger partial charge in [0.25, 0.3) is 0 Å². The molecule has 1 aromatic carbocycles. The maximum absolute atomic E-state index is 5.70. The van der Waals surface area contributed by atoms with Gasteiger partial charge in [-0.1, -0.05) is 18.3 Å². The number of methoxy groups -OCH3 is 1. The highest BCUT2D eigenvalue weighted by atomic mass is 32.1. The van der Waals surface area contributed by atoms with Gasteiger partial charge in [0, 0.05) is 5.56 Å². The highest BCUT2D eigenvalue weighted by Crippen LogP contribution is 2.24. The molecule has 0 atom stereocenters. The van der Waals surface area contributed by atoms with Crippen molar-refractivity contribution in [3.05, 3.63) is 23.8 Å². The van der Waals surface area contributed by atoms with E-state index in [-0.39, 0.29) is 4.99 Å². The summed E-state index contributed by atoms with van der Waals surface area (Å²) in [6.07, 6.45) is 0. The van der Waals surface area contributed by atoms with Crippen LogP contribution in [0.3, 0.4) is 0 Å². The lowest BCUT2D eigenvalue weighted by Crippen LogP contribution is -2.12. The molecular formula is C8H10N2OS. The first-order chi connectivity index (χ1) is 5.66. The number of thiocarbonyl (C=S) groups is 1. The van der Waals surface area contributed by atoms with Gasteiger partial charge in [-0.05, 0) is 12.1 Å². The second kappa shape index (κ2) is 3.40. The van der Waals surface area contributed by atoms with Gasteiger partial charge >= 0.3 is 0 Å². The lowest BCUT2D eigenvalue weighted by atomic mass is 10.1. The number of benzene rings is 1. The number of hydrogen-bond acceptors (Lipinski definition) is 3. The van der Waals surface area contributed by atoms with Crippen LogP contribution in [-0.2, 0) is 0 Å². The third-order valence-corrected chi connectivity index (χ3v) is 1.77. The minimum absolute atomic E-state index is 0.284. The van der Waals surface area contributed by atoms with Gasteiger partial charge in [-0.15, -0.1) is 0 Å². The fourth-order valence-electron chi connectivity index (χ4n) is 0.937. The van der Waals surface area contributed by atoms with E-state index in [0.717, 1.165) is 0 Å². The molecule has 0 bridgehead atoms. The topological polar surface area (TPSA) is 61.3 Å². The van der Waals surface area contributed by atoms with Crippen LogP contribution < -0.4 is 16.2 Å². The van der Waals surface area contributed by atoms with Gasteiger partial charge in [0.1, 0.15) is 10.7 Å². The number of para-hydroxylation sites is 1. The molecule has 0 aliphatic heterocycles. The molecule has 0 unspecified atom stereocenters. The zero-order chi connectivity index (χ0) is 9.14. The Bertz CT molecular complexity index is 312. The Morgan fingerprint density at radius 3 is 2.67 bits per heavy atom. The van der Waals surface area contributed by atoms with Gasteiger partial charge in [0.15, 0.2) is 0 Å². The summed E-state index contributed by atoms with van der Waals surface area (Å²) in [7, 11) is 1.55. The van der Waals surface area contributed by atoms with E-state index in [1.54, 1.807) is 25.3 Å². The first-order valence-electron chi connectivity index (χ1n) is 3.39. The lowest BCUT2D eigenvalue weighted by molar-refractivity contribution is 0.417. The van der Waals surface area contributed by atoms with E-state index in [4.69, 9.17) is 28.4 Å². The van der Waals surface area contributed by atoms with Crippen molar-refractivity contribution in [2.45, 2.75) is 0 Å². The van der Waals surface area contributed by atoms with Crippen molar-refractivity contribution in [2.75, 3.05) is 12.8 Å². The number of rotatable bonds is 2. The maximum Gasteiger partial charge on any atom is 0.142 e. The molecule has 0 saturated carbocycles. The van der Waals surface area contributed by atoms with Gasteiger partial charge in [-0.3, -0.25) is 0 Å². The number of anilines is 1. The van der Waals surface area contributed by atoms with E-state index >= 15 is 0 Å². The number of ether oxygens (including phenoxy) is 1. The van der Waals surface area contributed by atoms with E-state index in [9.17, 15) is 0 Å². The molecule has 0 amide bonds. The summed E-state index contributed by atoms with van der Waals surface area (Å²) in [4.78, 5) is 0.284. The van der Waals surface area contributed by atoms with Crippen LogP contribution in [0.5, 0.6) is 5.75 Å². The maximum atomic E-state index is 5.70. The van der Waals surface area contributed by atoms with Crippen molar-refractivity contribution in [1.82, 2.24) is 0 Å². The Hall–Kier alpha value is -1.29. The Morgan fingerprint density at radius 2 is 2.17 bits per heavy atom. The van der Waals surface area contributed by atoms with Crippen molar-refractivity contribution in [3.63, 3.8) is 0 Å². The summed E-state index contributed by atoms with van der Waals surface area (Å²) in [5, 5.41) is 0. The van der Waals surface area contributed by atoms with E-state index in [2.05, 4.69) is 0 Å². The predicted molar refractivity (Wildman–Crippen MR) is 53.3 cm³/mol. The first kappa shape index (κ1) is 8.80. The zero-order valence-corrected chi connectivity index (χ0v) is 7.52. The van der Waals surface area contributed by atoms with Gasteiger partial charge < -0.3 is 16.2 Å². The van der Waals surface area contributed by atoms with Crippen LogP contribution in [0.1, 0.15) is 5.56 Å². The Labute approximate surface area is 76.3 Å². The quantitative estimate of drug-likeness (QED) is 0.527. The second-order valence-corrected chi connectivity index (χ2v) is 2.73. The molecule has 3 nitrogen and oxygen atoms in total. The van der Waals surface area contributed by atoms with Gasteiger partial charge in [-0.2, -0.15) is 0 Å². The van der Waals surface area contributed by atoms with E-state index in [0.29, 0.717) is 17.0 Å². The highest BCUT2D eigenvalue weighted by molar-refractivity contribution is 7.80. The minimum atomic E-state index is 0.284. The minimum Gasteiger partial charge on any atom is -0.495 e. The smallest absolute Gasteiger partial charge is 0.142 e. The summed E-state index contributed by atoms with van der Waals surface area (Å²) in [6, 6.07) is 5.32. The van der Waals surface area contributed by atoms with Crippen LogP contribution in [-0.4, -0.2) is 12.1 Å². The normalized spacial score (nSPS) is 9.42. The molecule has 4 N–H and O–H groups in total. The Kier molecular flexibility index (Phi) is 2.50. The predicted octanol–water partition coefficient (Wildman–Crippen LogP) is 0.912. The molecule has 0 saturated heterocycles. The molecule has 0 fully saturated rings. The third kappa shape index (κ3) is 1.48. The number of hydrogen-bond donors (Lipinski definition) is 2. The number of nitrogen functional groups attached to an aromatic ring is 1. The van der Waals surface area contributed by atoms with Crippen LogP contribution >= 0.6 is 12.2 Å². The van der Waals surface area contributed by atoms with Crippen molar-refractivity contribution in [3.8, 4) is 5.75 Å². The Morgan fingerprint density at radius 1 is 1.50 bits per heavy atom. The van der Waals surface area contributed by atoms with E-state index in [1.165, 1.54) is 0 Å². The molecule has 64 valence electrons. The monoisotopic (exact) mass is 182 g/mol. The lowest BCUT2D eigenvalue weighted by Gasteiger charge is -2.07. The van der Waals surface area contributed by atoms with Crippen molar-refractivity contribution in [2.24, 2.45) is 5.73 Å². The van der Waals surface area contributed by atoms with Crippen molar-refractivity contribution >= 4 is 22.9 Å². The summed E-state index contributed by atoms with van der Waals surface area (Å²) >= 11 is 4.80. The van der Waals surface area contributed by atoms with Crippen molar-refractivity contribution in [1.29, 1.82) is 0 Å². The molecule has 4 heteroatoms. The van der Waals surface area contributed by atoms with Gasteiger partial charge in [-0.25, -0.2) is 0 Å². The summed E-state index contributed by atoms with van der Waals surface area (Å²) in [6.45, 7) is 0. The summed E-state index contributed by atoms with van der Waals surface area (Å²) in [5.74, 6) is 0.598. The molecule has 0 aliphatic carbocycles. The first-order valence-corrected chi connectivity index (χ1v) is 3.80. The molecule has 0 spiro atoms. The van der Waals surface area contributed by atoms with Crippen LogP contribution in [0.25, 0.3) is 0 Å². The summed E-state index contributed by atoms with van der Waals surface area (Å²) in [5.41, 5.74) is 12.3. The van der Waals surface area contributed by atoms with E-state index < -0.39 is 0 Å². The molecule has 1 rings (SSSR count). The number of nitrogens with two attached hydrogens (primary N) is 2. The molecular weight excluding hydrogens is 172 g/mol. The van der Waals surface area contributed by atoms with Crippen LogP contribution in [0.2, 0.25) is 0 Å². The van der Waals surface area contributed by atoms with Gasteiger partial charge in [0.2, 0.25) is 0 Å². The Balaban J connectivity index is 3.23. The van der Waals surface area contributed by atoms with Crippen LogP contribution in [0.15, 0.2) is 18.2 Å². The van der Waals surface area contributed by atoms with Crippen molar-refractivity contribution < 1.29 is 4.74 Å². The van der Waals surface area contributed by atoms with Crippen LogP contribution in [0, 0.1) is 0 Å². The fourth-order valence-corrected chi connectivity index (χ4v) is 1.11. The molecule has 0 aromatic heterocycles. The third-order valence-electron chi connectivity index (χ3n) is 1.55. The molecule has 12 heavy (non-hydrogen) atoms. The largest absolute Gasteiger partial charge is 0.495 e. The molecule has 1 aromatic rings.